The van der Waals surface area contributed by atoms with E-state index >= 15 is 0 Å². The Morgan fingerprint density at radius 2 is 0.600 bits per heavy atom. The van der Waals surface area contributed by atoms with Crippen LogP contribution in [0.25, 0.3) is 0 Å². The van der Waals surface area contributed by atoms with Crippen molar-refractivity contribution in [1.29, 1.82) is 0 Å². The Bertz CT molecular complexity index is 687. The third kappa shape index (κ3) is 20.6. The first-order chi connectivity index (χ1) is 15.9. The zero-order chi connectivity index (χ0) is 24.3. The second-order valence-corrected chi connectivity index (χ2v) is 9.06. The number of nitrogens with one attached hydrogen (secondary N) is 3. The first-order valence-corrected chi connectivity index (χ1v) is 12.2. The summed E-state index contributed by atoms with van der Waals surface area (Å²) in [6.07, 6.45) is 0. The molecule has 3 nitrogen and oxygen atoms in total. The molecule has 0 radical (unpaired) electrons. The van der Waals surface area contributed by atoms with E-state index in [0.29, 0.717) is 18.1 Å². The van der Waals surface area contributed by atoms with Gasteiger partial charge in [-0.25, -0.2) is 0 Å². The molecule has 0 atom stereocenters. The normalized spacial score (nSPS) is 9.86. The molecular formula is C32H53N3. The van der Waals surface area contributed by atoms with Crippen molar-refractivity contribution in [2.75, 3.05) is 0 Å². The van der Waals surface area contributed by atoms with Gasteiger partial charge in [0.05, 0.1) is 0 Å². The lowest BCUT2D eigenvalue weighted by atomic mass is 10.2. The fourth-order valence-corrected chi connectivity index (χ4v) is 2.75. The molecule has 0 spiro atoms. The Labute approximate surface area is 217 Å². The molecule has 0 amide bonds. The van der Waals surface area contributed by atoms with Crippen LogP contribution in [0.15, 0.2) is 91.0 Å². The summed E-state index contributed by atoms with van der Waals surface area (Å²) in [6, 6.07) is 33.0. The average Bonchev–Trinajstić information content (AvgIpc) is 2.83. The molecule has 0 aliphatic rings. The van der Waals surface area contributed by atoms with Crippen LogP contribution in [0.5, 0.6) is 0 Å². The fraction of sp³-hybridized carbons (Fsp3) is 0.438. The van der Waals surface area contributed by atoms with E-state index in [1.165, 1.54) is 16.7 Å². The van der Waals surface area contributed by atoms with Gasteiger partial charge in [0, 0.05) is 37.8 Å². The van der Waals surface area contributed by atoms with E-state index in [9.17, 15) is 0 Å². The van der Waals surface area contributed by atoms with Crippen LogP contribution in [0.4, 0.5) is 0 Å². The van der Waals surface area contributed by atoms with Crippen molar-refractivity contribution in [3.63, 3.8) is 0 Å². The maximum absolute atomic E-state index is 3.36. The van der Waals surface area contributed by atoms with E-state index in [1.807, 2.05) is 18.2 Å². The van der Waals surface area contributed by atoms with Crippen molar-refractivity contribution in [1.82, 2.24) is 16.0 Å². The lowest BCUT2D eigenvalue weighted by Gasteiger charge is -2.06. The van der Waals surface area contributed by atoms with E-state index < -0.39 is 0 Å². The summed E-state index contributed by atoms with van der Waals surface area (Å²) in [7, 11) is 0. The van der Waals surface area contributed by atoms with Gasteiger partial charge >= 0.3 is 0 Å². The van der Waals surface area contributed by atoms with Gasteiger partial charge in [-0.2, -0.15) is 0 Å². The molecular weight excluding hydrogens is 426 g/mol. The molecule has 3 N–H and O–H groups in total. The van der Waals surface area contributed by atoms with Gasteiger partial charge < -0.3 is 16.0 Å². The Balaban J connectivity index is 0. The maximum Gasteiger partial charge on any atom is 0.0207 e. The van der Waals surface area contributed by atoms with Crippen molar-refractivity contribution in [3.8, 4) is 0 Å². The van der Waals surface area contributed by atoms with Crippen LogP contribution in [-0.4, -0.2) is 18.1 Å². The summed E-state index contributed by atoms with van der Waals surface area (Å²) in [5.74, 6) is 0. The second-order valence-electron chi connectivity index (χ2n) is 9.06. The molecule has 3 aromatic rings. The van der Waals surface area contributed by atoms with Gasteiger partial charge in [-0.1, -0.05) is 147 Å². The van der Waals surface area contributed by atoms with Crippen molar-refractivity contribution in [2.24, 2.45) is 0 Å². The van der Waals surface area contributed by atoms with Gasteiger partial charge in [-0.3, -0.25) is 0 Å². The van der Waals surface area contributed by atoms with E-state index in [-0.39, 0.29) is 14.9 Å². The predicted octanol–water partition coefficient (Wildman–Crippen LogP) is 7.83. The van der Waals surface area contributed by atoms with Gasteiger partial charge in [-0.05, 0) is 16.7 Å². The van der Waals surface area contributed by atoms with E-state index in [1.54, 1.807) is 0 Å². The minimum Gasteiger partial charge on any atom is -0.310 e. The Morgan fingerprint density at radius 1 is 0.400 bits per heavy atom. The number of hydrogen-bond acceptors (Lipinski definition) is 3. The molecule has 0 aliphatic carbocycles. The topological polar surface area (TPSA) is 36.1 Å². The van der Waals surface area contributed by atoms with E-state index in [2.05, 4.69) is 130 Å². The Morgan fingerprint density at radius 3 is 0.771 bits per heavy atom. The van der Waals surface area contributed by atoms with Gasteiger partial charge in [0.25, 0.3) is 0 Å². The van der Waals surface area contributed by atoms with E-state index in [4.69, 9.17) is 0 Å². The highest BCUT2D eigenvalue weighted by atomic mass is 14.9. The Hall–Kier alpha value is -2.46. The van der Waals surface area contributed by atoms with Crippen molar-refractivity contribution >= 4 is 0 Å². The van der Waals surface area contributed by atoms with Gasteiger partial charge in [-0.15, -0.1) is 0 Å². The highest BCUT2D eigenvalue weighted by molar-refractivity contribution is 5.15. The summed E-state index contributed by atoms with van der Waals surface area (Å²) in [6.45, 7) is 15.8. The lowest BCUT2D eigenvalue weighted by Crippen LogP contribution is -2.21. The molecule has 0 saturated heterocycles. The zero-order valence-corrected chi connectivity index (χ0v) is 21.5. The fourth-order valence-electron chi connectivity index (χ4n) is 2.75. The van der Waals surface area contributed by atoms with Gasteiger partial charge in [0.15, 0.2) is 0 Å². The standard InChI is InChI=1S/3C10H15N.2CH4/c3*1-9(2)11-8-10-6-4-3-5-7-10;;/h3*3-7,9,11H,8H2,1-2H3;2*1H4. The summed E-state index contributed by atoms with van der Waals surface area (Å²) in [5, 5.41) is 10.1. The average molecular weight is 480 g/mol. The SMILES string of the molecule is C.C.CC(C)NCc1ccccc1.CC(C)NCc1ccccc1.CC(C)NCc1ccccc1. The van der Waals surface area contributed by atoms with Gasteiger partial charge in [0.1, 0.15) is 0 Å². The van der Waals surface area contributed by atoms with Crippen molar-refractivity contribution < 1.29 is 0 Å². The highest BCUT2D eigenvalue weighted by Crippen LogP contribution is 1.99. The van der Waals surface area contributed by atoms with Crippen LogP contribution in [-0.2, 0) is 19.6 Å². The maximum atomic E-state index is 3.36. The summed E-state index contributed by atoms with van der Waals surface area (Å²) in [5.41, 5.74) is 4.05. The van der Waals surface area contributed by atoms with Gasteiger partial charge in [0.2, 0.25) is 0 Å². The quantitative estimate of drug-likeness (QED) is 0.293. The Kier molecular flexibility index (Phi) is 21.8. The molecule has 0 aliphatic heterocycles. The summed E-state index contributed by atoms with van der Waals surface area (Å²) >= 11 is 0. The molecule has 35 heavy (non-hydrogen) atoms. The molecule has 0 unspecified atom stereocenters. The first kappa shape index (κ1) is 34.7. The molecule has 0 saturated carbocycles. The molecule has 0 fully saturated rings. The monoisotopic (exact) mass is 479 g/mol. The minimum absolute atomic E-state index is 0. The zero-order valence-electron chi connectivity index (χ0n) is 21.5. The van der Waals surface area contributed by atoms with Crippen LogP contribution in [0, 0.1) is 0 Å². The van der Waals surface area contributed by atoms with Crippen LogP contribution >= 0.6 is 0 Å². The summed E-state index contributed by atoms with van der Waals surface area (Å²) in [4.78, 5) is 0. The third-order valence-electron chi connectivity index (χ3n) is 4.67. The van der Waals surface area contributed by atoms with Crippen LogP contribution < -0.4 is 16.0 Å². The first-order valence-electron chi connectivity index (χ1n) is 12.2. The molecule has 3 rings (SSSR count). The molecule has 3 aromatic carbocycles. The second kappa shape index (κ2) is 22.0. The predicted molar refractivity (Wildman–Crippen MR) is 159 cm³/mol. The minimum atomic E-state index is 0. The largest absolute Gasteiger partial charge is 0.310 e. The molecule has 3 heteroatoms. The van der Waals surface area contributed by atoms with E-state index in [0.717, 1.165) is 19.6 Å². The molecule has 0 heterocycles. The van der Waals surface area contributed by atoms with Crippen molar-refractivity contribution in [3.05, 3.63) is 108 Å². The smallest absolute Gasteiger partial charge is 0.0207 e. The van der Waals surface area contributed by atoms with Crippen LogP contribution in [0.1, 0.15) is 73.1 Å². The number of hydrogen-bond donors (Lipinski definition) is 3. The number of rotatable bonds is 9. The lowest BCUT2D eigenvalue weighted by molar-refractivity contribution is 0.589. The third-order valence-corrected chi connectivity index (χ3v) is 4.67. The summed E-state index contributed by atoms with van der Waals surface area (Å²) < 4.78 is 0. The van der Waals surface area contributed by atoms with Crippen LogP contribution in [0.3, 0.4) is 0 Å². The molecule has 0 bridgehead atoms. The molecule has 0 aromatic heterocycles. The van der Waals surface area contributed by atoms with Crippen LogP contribution in [0.2, 0.25) is 0 Å². The molecule has 196 valence electrons. The van der Waals surface area contributed by atoms with Crippen molar-refractivity contribution in [2.45, 2.75) is 94.2 Å². The number of benzene rings is 3. The highest BCUT2D eigenvalue weighted by Gasteiger charge is 1.93.